The molecule has 3 unspecified atom stereocenters. The summed E-state index contributed by atoms with van der Waals surface area (Å²) in [5.41, 5.74) is 3.11. The first-order valence-electron chi connectivity index (χ1n) is 8.01. The second-order valence-electron chi connectivity index (χ2n) is 6.72. The molecule has 2 heterocycles. The van der Waals surface area contributed by atoms with Gasteiger partial charge in [0, 0.05) is 13.6 Å². The minimum Gasteiger partial charge on any atom is -0.311 e. The van der Waals surface area contributed by atoms with Gasteiger partial charge in [-0.15, -0.1) is 11.6 Å². The van der Waals surface area contributed by atoms with Gasteiger partial charge in [-0.25, -0.2) is 4.98 Å². The Morgan fingerprint density at radius 2 is 2.14 bits per heavy atom. The van der Waals surface area contributed by atoms with Crippen LogP contribution in [0.2, 0.25) is 0 Å². The van der Waals surface area contributed by atoms with Crippen LogP contribution in [0.1, 0.15) is 56.4 Å². The van der Waals surface area contributed by atoms with E-state index in [9.17, 15) is 0 Å². The molecule has 0 aliphatic heterocycles. The van der Waals surface area contributed by atoms with Crippen LogP contribution in [0, 0.1) is 18.8 Å². The molecule has 5 heteroatoms. The Kier molecular flexibility index (Phi) is 4.00. The highest BCUT2D eigenvalue weighted by Crippen LogP contribution is 2.33. The number of imidazole rings is 1. The molecule has 1 aliphatic carbocycles. The highest BCUT2D eigenvalue weighted by Gasteiger charge is 2.25. The molecule has 0 N–H and O–H groups in total. The normalized spacial score (nSPS) is 24.6. The van der Waals surface area contributed by atoms with Gasteiger partial charge in [-0.1, -0.05) is 19.8 Å². The molecule has 3 rings (SSSR count). The maximum absolute atomic E-state index is 6.37. The monoisotopic (exact) mass is 308 g/mol. The van der Waals surface area contributed by atoms with Crippen molar-refractivity contribution in [2.45, 2.75) is 58.4 Å². The smallest absolute Gasteiger partial charge is 0.158 e. The average Bonchev–Trinajstić information content (AvgIpc) is 2.90. The van der Waals surface area contributed by atoms with E-state index in [0.29, 0.717) is 0 Å². The van der Waals surface area contributed by atoms with Gasteiger partial charge in [-0.2, -0.15) is 5.10 Å². The number of halogens is 1. The minimum atomic E-state index is -0.0715. The Morgan fingerprint density at radius 1 is 1.38 bits per heavy atom. The molecule has 2 aromatic rings. The molecule has 3 atom stereocenters. The highest BCUT2D eigenvalue weighted by molar-refractivity contribution is 6.20. The molecule has 0 bridgehead atoms. The van der Waals surface area contributed by atoms with Gasteiger partial charge in [0.25, 0.3) is 0 Å². The Hall–Kier alpha value is -1.03. The molecule has 21 heavy (non-hydrogen) atoms. The third kappa shape index (κ3) is 2.70. The number of rotatable bonds is 3. The molecule has 4 nitrogen and oxygen atoms in total. The lowest BCUT2D eigenvalue weighted by Gasteiger charge is -2.27. The number of fused-ring (bicyclic) bond motifs is 1. The number of hydrogen-bond acceptors (Lipinski definition) is 2. The summed E-state index contributed by atoms with van der Waals surface area (Å²) in [4.78, 5) is 4.76. The van der Waals surface area contributed by atoms with Crippen LogP contribution in [0.4, 0.5) is 0 Å². The standard InChI is InChI=1S/C16H25ClN4/c1-10-6-5-7-13(8-10)9-21-15(11(2)17)18-14-12(3)19-20(4)16(14)21/h10-11,13H,5-9H2,1-4H3. The van der Waals surface area contributed by atoms with Crippen LogP contribution < -0.4 is 0 Å². The molecular formula is C16H25ClN4. The third-order valence-corrected chi connectivity index (χ3v) is 4.96. The van der Waals surface area contributed by atoms with Crippen molar-refractivity contribution in [2.75, 3.05) is 0 Å². The Morgan fingerprint density at radius 3 is 2.81 bits per heavy atom. The summed E-state index contributed by atoms with van der Waals surface area (Å²) in [6, 6.07) is 0. The van der Waals surface area contributed by atoms with Gasteiger partial charge < -0.3 is 4.57 Å². The van der Waals surface area contributed by atoms with Crippen molar-refractivity contribution < 1.29 is 0 Å². The van der Waals surface area contributed by atoms with Crippen LogP contribution in [0.15, 0.2) is 0 Å². The first-order chi connectivity index (χ1) is 9.97. The number of aryl methyl sites for hydroxylation is 2. The fourth-order valence-corrected chi connectivity index (χ4v) is 3.99. The average molecular weight is 309 g/mol. The van der Waals surface area contributed by atoms with Crippen LogP contribution >= 0.6 is 11.6 Å². The van der Waals surface area contributed by atoms with Crippen LogP contribution in [0.5, 0.6) is 0 Å². The molecular weight excluding hydrogens is 284 g/mol. The van der Waals surface area contributed by atoms with Crippen molar-refractivity contribution in [2.24, 2.45) is 18.9 Å². The van der Waals surface area contributed by atoms with Gasteiger partial charge in [-0.3, -0.25) is 4.68 Å². The van der Waals surface area contributed by atoms with Gasteiger partial charge in [0.1, 0.15) is 11.3 Å². The van der Waals surface area contributed by atoms with Crippen molar-refractivity contribution in [1.29, 1.82) is 0 Å². The zero-order valence-corrected chi connectivity index (χ0v) is 14.2. The second kappa shape index (κ2) is 5.64. The molecule has 1 saturated carbocycles. The van der Waals surface area contributed by atoms with E-state index in [2.05, 4.69) is 16.6 Å². The van der Waals surface area contributed by atoms with Gasteiger partial charge >= 0.3 is 0 Å². The molecule has 0 spiro atoms. The molecule has 0 amide bonds. The van der Waals surface area contributed by atoms with E-state index in [0.717, 1.165) is 41.1 Å². The third-order valence-electron chi connectivity index (χ3n) is 4.76. The summed E-state index contributed by atoms with van der Waals surface area (Å²) in [5, 5.41) is 4.44. The Balaban J connectivity index is 2.00. The zero-order chi connectivity index (χ0) is 15.1. The van der Waals surface area contributed by atoms with Crippen LogP contribution in [0.25, 0.3) is 11.2 Å². The first-order valence-corrected chi connectivity index (χ1v) is 8.44. The lowest BCUT2D eigenvalue weighted by atomic mass is 9.82. The molecule has 0 saturated heterocycles. The van der Waals surface area contributed by atoms with Crippen molar-refractivity contribution >= 4 is 22.8 Å². The summed E-state index contributed by atoms with van der Waals surface area (Å²) >= 11 is 6.37. The lowest BCUT2D eigenvalue weighted by Crippen LogP contribution is -2.20. The summed E-state index contributed by atoms with van der Waals surface area (Å²) in [7, 11) is 2.00. The van der Waals surface area contributed by atoms with Crippen molar-refractivity contribution in [3.8, 4) is 0 Å². The molecule has 2 aromatic heterocycles. The summed E-state index contributed by atoms with van der Waals surface area (Å²) in [5.74, 6) is 2.56. The largest absolute Gasteiger partial charge is 0.311 e. The summed E-state index contributed by atoms with van der Waals surface area (Å²) in [6.07, 6.45) is 5.35. The van der Waals surface area contributed by atoms with Crippen LogP contribution in [-0.4, -0.2) is 19.3 Å². The SMILES string of the molecule is Cc1nn(C)c2c1nc(C(C)Cl)n2CC1CCCC(C)C1. The van der Waals surface area contributed by atoms with Crippen LogP contribution in [-0.2, 0) is 13.6 Å². The maximum Gasteiger partial charge on any atom is 0.158 e. The lowest BCUT2D eigenvalue weighted by molar-refractivity contribution is 0.256. The fourth-order valence-electron chi connectivity index (χ4n) is 3.82. The minimum absolute atomic E-state index is 0.0715. The van der Waals surface area contributed by atoms with Gasteiger partial charge in [0.2, 0.25) is 0 Å². The zero-order valence-electron chi connectivity index (χ0n) is 13.4. The predicted octanol–water partition coefficient (Wildman–Crippen LogP) is 4.20. The summed E-state index contributed by atoms with van der Waals surface area (Å²) < 4.78 is 4.27. The van der Waals surface area contributed by atoms with Gasteiger partial charge in [0.15, 0.2) is 5.65 Å². The molecule has 1 fully saturated rings. The quantitative estimate of drug-likeness (QED) is 0.796. The summed E-state index contributed by atoms with van der Waals surface area (Å²) in [6.45, 7) is 7.41. The van der Waals surface area contributed by atoms with Gasteiger partial charge in [-0.05, 0) is 38.5 Å². The molecule has 116 valence electrons. The van der Waals surface area contributed by atoms with Gasteiger partial charge in [0.05, 0.1) is 11.1 Å². The van der Waals surface area contributed by atoms with E-state index >= 15 is 0 Å². The number of aromatic nitrogens is 4. The van der Waals surface area contributed by atoms with Crippen LogP contribution in [0.3, 0.4) is 0 Å². The van der Waals surface area contributed by atoms with E-state index in [4.69, 9.17) is 16.6 Å². The van der Waals surface area contributed by atoms with E-state index < -0.39 is 0 Å². The number of nitrogens with zero attached hydrogens (tertiary/aromatic N) is 4. The van der Waals surface area contributed by atoms with Crippen molar-refractivity contribution in [3.63, 3.8) is 0 Å². The number of alkyl halides is 1. The Bertz CT molecular complexity index is 640. The first kappa shape index (κ1) is 14.9. The van der Waals surface area contributed by atoms with E-state index in [1.807, 2.05) is 25.6 Å². The van der Waals surface area contributed by atoms with Crippen molar-refractivity contribution in [3.05, 3.63) is 11.5 Å². The predicted molar refractivity (Wildman–Crippen MR) is 86.6 cm³/mol. The molecule has 0 aromatic carbocycles. The van der Waals surface area contributed by atoms with E-state index in [-0.39, 0.29) is 5.38 Å². The van der Waals surface area contributed by atoms with E-state index in [1.165, 1.54) is 25.7 Å². The number of hydrogen-bond donors (Lipinski definition) is 0. The topological polar surface area (TPSA) is 35.6 Å². The fraction of sp³-hybridized carbons (Fsp3) is 0.750. The molecule has 0 radical (unpaired) electrons. The van der Waals surface area contributed by atoms with Crippen molar-refractivity contribution in [1.82, 2.24) is 19.3 Å². The maximum atomic E-state index is 6.37. The highest BCUT2D eigenvalue weighted by atomic mass is 35.5. The Labute approximate surface area is 131 Å². The van der Waals surface area contributed by atoms with E-state index in [1.54, 1.807) is 0 Å². The second-order valence-corrected chi connectivity index (χ2v) is 7.37. The molecule has 1 aliphatic rings.